The summed E-state index contributed by atoms with van der Waals surface area (Å²) in [5.74, 6) is 0. The summed E-state index contributed by atoms with van der Waals surface area (Å²) in [6.07, 6.45) is 2.47. The highest BCUT2D eigenvalue weighted by Gasteiger charge is 2.08. The van der Waals surface area contributed by atoms with Crippen molar-refractivity contribution in [3.8, 4) is 11.4 Å². The van der Waals surface area contributed by atoms with Crippen LogP contribution in [0.15, 0.2) is 35.2 Å². The smallest absolute Gasteiger partial charge is 0.133 e. The van der Waals surface area contributed by atoms with Crippen LogP contribution in [0.2, 0.25) is 0 Å². The fourth-order valence-electron chi connectivity index (χ4n) is 0.815. The minimum Gasteiger partial charge on any atom is -0.440 e. The maximum Gasteiger partial charge on any atom is 0.133 e. The molecule has 0 fully saturated rings. The summed E-state index contributed by atoms with van der Waals surface area (Å²) in [4.78, 5) is 0.697. The Kier molecular flexibility index (Phi) is 3.93. The second-order valence-electron chi connectivity index (χ2n) is 4.00. The average Bonchev–Trinajstić information content (AvgIpc) is 2.17. The van der Waals surface area contributed by atoms with Gasteiger partial charge in [0.25, 0.3) is 0 Å². The van der Waals surface area contributed by atoms with Crippen LogP contribution in [-0.2, 0) is 15.5 Å². The van der Waals surface area contributed by atoms with Crippen LogP contribution in [0.5, 0.6) is 0 Å². The van der Waals surface area contributed by atoms with Crippen molar-refractivity contribution in [3.05, 3.63) is 30.3 Å². The molecule has 0 radical (unpaired) electrons. The van der Waals surface area contributed by atoms with E-state index < -0.39 is 10.8 Å². The van der Waals surface area contributed by atoms with E-state index in [9.17, 15) is 4.21 Å². The molecular weight excluding hydrogens is 208 g/mol. The van der Waals surface area contributed by atoms with Gasteiger partial charge in [-0.3, -0.25) is 0 Å². The average molecular weight is 222 g/mol. The van der Waals surface area contributed by atoms with Crippen LogP contribution in [0.3, 0.4) is 0 Å². The van der Waals surface area contributed by atoms with E-state index in [4.69, 9.17) is 4.74 Å². The van der Waals surface area contributed by atoms with Crippen molar-refractivity contribution in [1.29, 1.82) is 0 Å². The molecule has 1 rings (SSSR count). The Bertz CT molecular complexity index is 393. The topological polar surface area (TPSA) is 26.3 Å². The van der Waals surface area contributed by atoms with Gasteiger partial charge >= 0.3 is 0 Å². The molecule has 80 valence electrons. The number of ether oxygens (including phenoxy) is 1. The van der Waals surface area contributed by atoms with Gasteiger partial charge in [0, 0.05) is 5.25 Å². The van der Waals surface area contributed by atoms with E-state index in [1.807, 2.05) is 39.0 Å². The van der Waals surface area contributed by atoms with Crippen LogP contribution < -0.4 is 0 Å². The molecule has 1 aromatic rings. The number of benzene rings is 1. The molecule has 0 saturated carbocycles. The van der Waals surface area contributed by atoms with Crippen molar-refractivity contribution in [1.82, 2.24) is 0 Å². The molecule has 0 bridgehead atoms. The van der Waals surface area contributed by atoms with Gasteiger partial charge in [0.1, 0.15) is 22.5 Å². The molecule has 3 heteroatoms. The van der Waals surface area contributed by atoms with Gasteiger partial charge in [-0.2, -0.15) is 0 Å². The van der Waals surface area contributed by atoms with Crippen LogP contribution in [0, 0.1) is 11.4 Å². The van der Waals surface area contributed by atoms with E-state index in [-0.39, 0.29) is 5.60 Å². The second-order valence-corrected chi connectivity index (χ2v) is 5.21. The lowest BCUT2D eigenvalue weighted by Crippen LogP contribution is -2.15. The van der Waals surface area contributed by atoms with E-state index >= 15 is 0 Å². The zero-order valence-corrected chi connectivity index (χ0v) is 9.93. The SMILES string of the molecule is CC(C)(C)OC#CS(=O)c1ccccc1. The highest BCUT2D eigenvalue weighted by molar-refractivity contribution is 7.89. The quantitative estimate of drug-likeness (QED) is 0.682. The molecule has 1 atom stereocenters. The number of hydrogen-bond donors (Lipinski definition) is 0. The van der Waals surface area contributed by atoms with Crippen molar-refractivity contribution >= 4 is 10.8 Å². The molecule has 0 N–H and O–H groups in total. The molecule has 0 aliphatic rings. The van der Waals surface area contributed by atoms with Gasteiger partial charge in [0.05, 0.1) is 4.90 Å². The Morgan fingerprint density at radius 1 is 1.20 bits per heavy atom. The minimum atomic E-state index is -1.30. The van der Waals surface area contributed by atoms with Gasteiger partial charge in [0.15, 0.2) is 0 Å². The number of rotatable bonds is 1. The Morgan fingerprint density at radius 3 is 2.33 bits per heavy atom. The fourth-order valence-corrected chi connectivity index (χ4v) is 1.45. The summed E-state index contributed by atoms with van der Waals surface area (Å²) in [6.45, 7) is 5.69. The summed E-state index contributed by atoms with van der Waals surface area (Å²) in [6, 6.07) is 9.10. The van der Waals surface area contributed by atoms with Crippen molar-refractivity contribution in [2.45, 2.75) is 31.3 Å². The third kappa shape index (κ3) is 4.66. The maximum absolute atomic E-state index is 11.6. The molecular formula is C12H14O2S. The van der Waals surface area contributed by atoms with Gasteiger partial charge in [0.2, 0.25) is 0 Å². The summed E-state index contributed by atoms with van der Waals surface area (Å²) in [5.41, 5.74) is -0.326. The molecule has 0 amide bonds. The van der Waals surface area contributed by atoms with Crippen LogP contribution in [0.4, 0.5) is 0 Å². The monoisotopic (exact) mass is 222 g/mol. The van der Waals surface area contributed by atoms with Crippen molar-refractivity contribution < 1.29 is 8.95 Å². The van der Waals surface area contributed by atoms with E-state index in [0.29, 0.717) is 4.90 Å². The Balaban J connectivity index is 2.65. The first kappa shape index (κ1) is 11.8. The molecule has 0 aromatic heterocycles. The molecule has 0 spiro atoms. The normalized spacial score (nSPS) is 12.5. The van der Waals surface area contributed by atoms with E-state index in [2.05, 4.69) is 11.4 Å². The zero-order chi connectivity index (χ0) is 11.3. The van der Waals surface area contributed by atoms with E-state index in [1.54, 1.807) is 12.1 Å². The Morgan fingerprint density at radius 2 is 1.80 bits per heavy atom. The van der Waals surface area contributed by atoms with E-state index in [1.165, 1.54) is 0 Å². The summed E-state index contributed by atoms with van der Waals surface area (Å²) < 4.78 is 16.8. The molecule has 0 heterocycles. The molecule has 0 aliphatic carbocycles. The molecule has 1 unspecified atom stereocenters. The van der Waals surface area contributed by atoms with Gasteiger partial charge < -0.3 is 4.74 Å². The standard InChI is InChI=1S/C12H14O2S/c1-12(2,3)14-9-10-15(13)11-7-5-4-6-8-11/h4-8H,1-3H3. The first-order chi connectivity index (χ1) is 6.99. The number of hydrogen-bond acceptors (Lipinski definition) is 2. The third-order valence-electron chi connectivity index (χ3n) is 1.45. The van der Waals surface area contributed by atoms with Crippen molar-refractivity contribution in [2.75, 3.05) is 0 Å². The van der Waals surface area contributed by atoms with Crippen LogP contribution >= 0.6 is 0 Å². The lowest BCUT2D eigenvalue weighted by molar-refractivity contribution is 0.0965. The molecule has 15 heavy (non-hydrogen) atoms. The predicted molar refractivity (Wildman–Crippen MR) is 61.5 cm³/mol. The molecule has 0 aliphatic heterocycles. The van der Waals surface area contributed by atoms with Crippen LogP contribution in [-0.4, -0.2) is 9.81 Å². The van der Waals surface area contributed by atoms with Crippen molar-refractivity contribution in [2.24, 2.45) is 0 Å². The van der Waals surface area contributed by atoms with Crippen molar-refractivity contribution in [3.63, 3.8) is 0 Å². The minimum absolute atomic E-state index is 0.326. The van der Waals surface area contributed by atoms with Crippen LogP contribution in [0.1, 0.15) is 20.8 Å². The summed E-state index contributed by atoms with van der Waals surface area (Å²) >= 11 is 0. The van der Waals surface area contributed by atoms with E-state index in [0.717, 1.165) is 0 Å². The van der Waals surface area contributed by atoms with Gasteiger partial charge in [-0.25, -0.2) is 4.21 Å². The largest absolute Gasteiger partial charge is 0.440 e. The van der Waals surface area contributed by atoms with Gasteiger partial charge in [-0.05, 0) is 32.9 Å². The first-order valence-electron chi connectivity index (χ1n) is 4.64. The molecule has 1 aromatic carbocycles. The fraction of sp³-hybridized carbons (Fsp3) is 0.333. The summed E-state index contributed by atoms with van der Waals surface area (Å²) in [5, 5.41) is 2.56. The molecule has 0 saturated heterocycles. The second kappa shape index (κ2) is 4.99. The Hall–Kier alpha value is -1.27. The zero-order valence-electron chi connectivity index (χ0n) is 9.11. The first-order valence-corrected chi connectivity index (χ1v) is 5.79. The summed E-state index contributed by atoms with van der Waals surface area (Å²) in [7, 11) is -1.30. The lowest BCUT2D eigenvalue weighted by Gasteiger charge is -2.14. The molecule has 2 nitrogen and oxygen atoms in total. The van der Waals surface area contributed by atoms with Crippen LogP contribution in [0.25, 0.3) is 0 Å². The maximum atomic E-state index is 11.6. The van der Waals surface area contributed by atoms with Gasteiger partial charge in [-0.15, -0.1) is 0 Å². The third-order valence-corrected chi connectivity index (χ3v) is 2.42. The van der Waals surface area contributed by atoms with Gasteiger partial charge in [-0.1, -0.05) is 18.2 Å². The lowest BCUT2D eigenvalue weighted by atomic mass is 10.2. The highest BCUT2D eigenvalue weighted by Crippen LogP contribution is 2.06. The predicted octanol–water partition coefficient (Wildman–Crippen LogP) is 2.53. The Labute approximate surface area is 93.1 Å². The highest BCUT2D eigenvalue weighted by atomic mass is 32.2.